The number of rotatable bonds is 3. The predicted molar refractivity (Wildman–Crippen MR) is 123 cm³/mol. The molecule has 28 heavy (non-hydrogen) atoms. The lowest BCUT2D eigenvalue weighted by Crippen LogP contribution is -2.54. The van der Waals surface area contributed by atoms with Gasteiger partial charge in [-0.3, -0.25) is 4.68 Å². The Labute approximate surface area is 184 Å². The van der Waals surface area contributed by atoms with Crippen LogP contribution < -0.4 is 0 Å². The number of halogens is 1. The van der Waals surface area contributed by atoms with Crippen LogP contribution in [0.4, 0.5) is 4.79 Å². The second-order valence-electron chi connectivity index (χ2n) is 10.2. The van der Waals surface area contributed by atoms with E-state index in [1.807, 2.05) is 27.0 Å². The molecular formula is C20H36IN3O3Si. The Morgan fingerprint density at radius 1 is 1.25 bits per heavy atom. The minimum Gasteiger partial charge on any atom is -0.444 e. The summed E-state index contributed by atoms with van der Waals surface area (Å²) in [4.78, 5) is 14.5. The summed E-state index contributed by atoms with van der Waals surface area (Å²) < 4.78 is 15.7. The third-order valence-corrected chi connectivity index (χ3v) is 11.3. The van der Waals surface area contributed by atoms with Gasteiger partial charge < -0.3 is 14.1 Å². The molecule has 2 atom stereocenters. The Morgan fingerprint density at radius 3 is 2.32 bits per heavy atom. The molecule has 0 aromatic carbocycles. The fraction of sp³-hybridized carbons (Fsp3) is 0.800. The van der Waals surface area contributed by atoms with Crippen LogP contribution in [0.2, 0.25) is 18.1 Å². The Morgan fingerprint density at radius 2 is 1.86 bits per heavy atom. The smallest absolute Gasteiger partial charge is 0.410 e. The van der Waals surface area contributed by atoms with Gasteiger partial charge in [0.15, 0.2) is 8.32 Å². The standard InChI is InChI=1S/C20H36IN3O3Si/c1-14-15(21)12-22-24(14)16-10-11-23(18(25)26-19(2,3)4)13-17(16)27-28(8,9)20(5,6)7/h12,16-17H,10-11,13H2,1-9H3. The average molecular weight is 522 g/mol. The van der Waals surface area contributed by atoms with Crippen LogP contribution >= 0.6 is 22.6 Å². The van der Waals surface area contributed by atoms with Gasteiger partial charge in [-0.1, -0.05) is 20.8 Å². The molecule has 8 heteroatoms. The lowest BCUT2D eigenvalue weighted by atomic mass is 10.0. The van der Waals surface area contributed by atoms with Crippen molar-refractivity contribution in [1.29, 1.82) is 0 Å². The predicted octanol–water partition coefficient (Wildman–Crippen LogP) is 5.37. The number of hydrogen-bond acceptors (Lipinski definition) is 4. The van der Waals surface area contributed by atoms with E-state index in [4.69, 9.17) is 9.16 Å². The SMILES string of the molecule is Cc1c(I)cnn1C1CCN(C(=O)OC(C)(C)C)CC1O[Si](C)(C)C(C)(C)C. The normalized spacial score (nSPS) is 21.7. The number of piperidine rings is 1. The molecule has 2 heterocycles. The zero-order valence-corrected chi connectivity index (χ0v) is 22.0. The lowest BCUT2D eigenvalue weighted by Gasteiger charge is -2.45. The van der Waals surface area contributed by atoms with Gasteiger partial charge in [0.2, 0.25) is 0 Å². The molecule has 1 fully saturated rings. The van der Waals surface area contributed by atoms with Crippen LogP contribution in [0.15, 0.2) is 6.20 Å². The van der Waals surface area contributed by atoms with E-state index in [1.54, 1.807) is 4.90 Å². The fourth-order valence-corrected chi connectivity index (χ4v) is 4.80. The lowest BCUT2D eigenvalue weighted by molar-refractivity contribution is -0.00851. The van der Waals surface area contributed by atoms with Crippen molar-refractivity contribution in [2.24, 2.45) is 0 Å². The summed E-state index contributed by atoms with van der Waals surface area (Å²) in [6.07, 6.45) is 2.34. The zero-order valence-electron chi connectivity index (χ0n) is 18.8. The van der Waals surface area contributed by atoms with Gasteiger partial charge in [0, 0.05) is 12.2 Å². The number of amides is 1. The summed E-state index contributed by atoms with van der Waals surface area (Å²) in [5, 5.41) is 4.72. The highest BCUT2D eigenvalue weighted by molar-refractivity contribution is 14.1. The third-order valence-electron chi connectivity index (χ3n) is 5.73. The van der Waals surface area contributed by atoms with Gasteiger partial charge in [-0.25, -0.2) is 4.79 Å². The topological polar surface area (TPSA) is 56.6 Å². The number of carbonyl (C=O) groups excluding carboxylic acids is 1. The first-order chi connectivity index (χ1) is 12.6. The number of nitrogens with zero attached hydrogens (tertiary/aromatic N) is 3. The molecule has 2 unspecified atom stereocenters. The first-order valence-corrected chi connectivity index (χ1v) is 14.0. The van der Waals surface area contributed by atoms with E-state index in [-0.39, 0.29) is 23.3 Å². The van der Waals surface area contributed by atoms with Crippen LogP contribution in [0.3, 0.4) is 0 Å². The highest BCUT2D eigenvalue weighted by Crippen LogP contribution is 2.40. The van der Waals surface area contributed by atoms with Gasteiger partial charge in [0.25, 0.3) is 0 Å². The first-order valence-electron chi connectivity index (χ1n) is 9.98. The molecule has 2 rings (SSSR count). The molecule has 1 aromatic rings. The molecule has 160 valence electrons. The largest absolute Gasteiger partial charge is 0.444 e. The molecule has 1 amide bonds. The Kier molecular flexibility index (Phi) is 6.98. The second kappa shape index (κ2) is 8.26. The van der Waals surface area contributed by atoms with Crippen molar-refractivity contribution in [3.8, 4) is 0 Å². The van der Waals surface area contributed by atoms with Crippen LogP contribution in [0.5, 0.6) is 0 Å². The fourth-order valence-electron chi connectivity index (χ4n) is 3.08. The molecule has 0 bridgehead atoms. The Balaban J connectivity index is 2.29. The molecule has 1 aliphatic heterocycles. The molecular weight excluding hydrogens is 485 g/mol. The van der Waals surface area contributed by atoms with Crippen molar-refractivity contribution in [2.45, 2.75) is 90.8 Å². The monoisotopic (exact) mass is 521 g/mol. The minimum absolute atomic E-state index is 0.0966. The van der Waals surface area contributed by atoms with Gasteiger partial charge in [-0.2, -0.15) is 5.10 Å². The average Bonchev–Trinajstić information content (AvgIpc) is 2.84. The van der Waals surface area contributed by atoms with Crippen molar-refractivity contribution in [1.82, 2.24) is 14.7 Å². The Hall–Kier alpha value is -0.613. The van der Waals surface area contributed by atoms with Crippen LogP contribution in [-0.4, -0.2) is 53.9 Å². The highest BCUT2D eigenvalue weighted by Gasteiger charge is 2.44. The maximum absolute atomic E-state index is 12.7. The molecule has 1 aliphatic rings. The molecule has 1 saturated heterocycles. The van der Waals surface area contributed by atoms with Gasteiger partial charge in [-0.05, 0) is 74.8 Å². The maximum Gasteiger partial charge on any atom is 0.410 e. The molecule has 0 N–H and O–H groups in total. The number of carbonyl (C=O) groups is 1. The number of hydrogen-bond donors (Lipinski definition) is 0. The molecule has 0 aliphatic carbocycles. The highest BCUT2D eigenvalue weighted by atomic mass is 127. The van der Waals surface area contributed by atoms with Crippen molar-refractivity contribution < 1.29 is 14.0 Å². The second-order valence-corrected chi connectivity index (χ2v) is 16.1. The molecule has 0 radical (unpaired) electrons. The summed E-state index contributed by atoms with van der Waals surface area (Å²) in [6, 6.07) is 0.122. The van der Waals surface area contributed by atoms with E-state index < -0.39 is 13.9 Å². The molecule has 0 spiro atoms. The van der Waals surface area contributed by atoms with Gasteiger partial charge in [0.1, 0.15) is 5.60 Å². The first kappa shape index (κ1) is 23.7. The van der Waals surface area contributed by atoms with Crippen LogP contribution in [0.25, 0.3) is 0 Å². The van der Waals surface area contributed by atoms with Crippen molar-refractivity contribution in [2.75, 3.05) is 13.1 Å². The third kappa shape index (κ3) is 5.50. The van der Waals surface area contributed by atoms with Crippen LogP contribution in [-0.2, 0) is 9.16 Å². The molecule has 1 aromatic heterocycles. The number of aromatic nitrogens is 2. The van der Waals surface area contributed by atoms with Crippen molar-refractivity contribution in [3.63, 3.8) is 0 Å². The van der Waals surface area contributed by atoms with E-state index in [0.717, 1.165) is 15.7 Å². The summed E-state index contributed by atoms with van der Waals surface area (Å²) in [6.45, 7) is 20.2. The summed E-state index contributed by atoms with van der Waals surface area (Å²) in [5.74, 6) is 0. The maximum atomic E-state index is 12.7. The van der Waals surface area contributed by atoms with Gasteiger partial charge in [0.05, 0.1) is 28.5 Å². The van der Waals surface area contributed by atoms with E-state index in [1.165, 1.54) is 0 Å². The molecule has 0 saturated carbocycles. The number of ether oxygens (including phenoxy) is 1. The van der Waals surface area contributed by atoms with E-state index in [9.17, 15) is 4.79 Å². The Bertz CT molecular complexity index is 707. The van der Waals surface area contributed by atoms with E-state index in [0.29, 0.717) is 13.1 Å². The number of likely N-dealkylation sites (tertiary alicyclic amines) is 1. The minimum atomic E-state index is -2.01. The van der Waals surface area contributed by atoms with Gasteiger partial charge in [-0.15, -0.1) is 0 Å². The molecule has 6 nitrogen and oxygen atoms in total. The van der Waals surface area contributed by atoms with Crippen LogP contribution in [0.1, 0.15) is 59.7 Å². The van der Waals surface area contributed by atoms with Crippen molar-refractivity contribution >= 4 is 37.0 Å². The summed E-state index contributed by atoms with van der Waals surface area (Å²) in [5.41, 5.74) is 0.651. The van der Waals surface area contributed by atoms with Crippen LogP contribution in [0, 0.1) is 10.5 Å². The van der Waals surface area contributed by atoms with Crippen molar-refractivity contribution in [3.05, 3.63) is 15.5 Å². The zero-order chi connectivity index (χ0) is 21.5. The van der Waals surface area contributed by atoms with Gasteiger partial charge >= 0.3 is 6.09 Å². The summed E-state index contributed by atoms with van der Waals surface area (Å²) >= 11 is 2.32. The van der Waals surface area contributed by atoms with E-state index >= 15 is 0 Å². The quantitative estimate of drug-likeness (QED) is 0.397. The van der Waals surface area contributed by atoms with E-state index in [2.05, 4.69) is 73.2 Å². The summed E-state index contributed by atoms with van der Waals surface area (Å²) in [7, 11) is -2.01.